The Labute approximate surface area is 82.5 Å². The van der Waals surface area contributed by atoms with Gasteiger partial charge in [-0.25, -0.2) is 6.08 Å². The Balaban J connectivity index is 0.000001000. The molecule has 0 amide bonds. The zero-order chi connectivity index (χ0) is 7.72. The summed E-state index contributed by atoms with van der Waals surface area (Å²) in [5, 5.41) is 0. The molecule has 1 aliphatic heterocycles. The van der Waals surface area contributed by atoms with E-state index in [1.807, 2.05) is 13.8 Å². The second-order valence-corrected chi connectivity index (χ2v) is 2.84. The third-order valence-electron chi connectivity index (χ3n) is 1.50. The van der Waals surface area contributed by atoms with Gasteiger partial charge in [-0.05, 0) is 5.92 Å². The maximum atomic E-state index is 10.8. The second kappa shape index (κ2) is 4.10. The molecule has 1 heterocycles. The van der Waals surface area contributed by atoms with Crippen LogP contribution in [0.15, 0.2) is 5.57 Å². The SMILES string of the molecule is CC1=[C-]C(C(C)C)OC1=O.[Au+]. The predicted octanol–water partition coefficient (Wildman–Crippen LogP) is 1.31. The third-order valence-corrected chi connectivity index (χ3v) is 1.50. The van der Waals surface area contributed by atoms with Gasteiger partial charge in [-0.15, -0.1) is 5.57 Å². The molecule has 0 fully saturated rings. The zero-order valence-corrected chi connectivity index (χ0v) is 8.94. The van der Waals surface area contributed by atoms with Crippen LogP contribution in [0.3, 0.4) is 0 Å². The van der Waals surface area contributed by atoms with Crippen molar-refractivity contribution >= 4 is 5.97 Å². The smallest absolute Gasteiger partial charge is 0.558 e. The molecule has 0 saturated carbocycles. The maximum Gasteiger partial charge on any atom is 1.00 e. The van der Waals surface area contributed by atoms with Crippen LogP contribution in [0.1, 0.15) is 20.8 Å². The molecule has 0 N–H and O–H groups in total. The topological polar surface area (TPSA) is 26.3 Å². The van der Waals surface area contributed by atoms with Crippen LogP contribution in [0.5, 0.6) is 0 Å². The molecule has 11 heavy (non-hydrogen) atoms. The van der Waals surface area contributed by atoms with Crippen molar-refractivity contribution in [3.05, 3.63) is 11.6 Å². The molecule has 0 aromatic heterocycles. The Morgan fingerprint density at radius 3 is 2.27 bits per heavy atom. The van der Waals surface area contributed by atoms with E-state index >= 15 is 0 Å². The van der Waals surface area contributed by atoms with Crippen molar-refractivity contribution in [2.24, 2.45) is 5.92 Å². The summed E-state index contributed by atoms with van der Waals surface area (Å²) >= 11 is 0. The van der Waals surface area contributed by atoms with Crippen LogP contribution in [-0.4, -0.2) is 12.1 Å². The molecule has 0 spiro atoms. The number of cyclic esters (lactones) is 1. The second-order valence-electron chi connectivity index (χ2n) is 2.84. The first-order valence-electron chi connectivity index (χ1n) is 3.42. The molecule has 0 aromatic rings. The van der Waals surface area contributed by atoms with Crippen LogP contribution in [0, 0.1) is 12.0 Å². The summed E-state index contributed by atoms with van der Waals surface area (Å²) in [6.45, 7) is 5.73. The molecule has 1 atom stereocenters. The van der Waals surface area contributed by atoms with Gasteiger partial charge < -0.3 is 9.53 Å². The minimum absolute atomic E-state index is 0. The Hall–Kier alpha value is -0.0497. The predicted molar refractivity (Wildman–Crippen MR) is 37.1 cm³/mol. The average molecular weight is 336 g/mol. The van der Waals surface area contributed by atoms with Gasteiger partial charge >= 0.3 is 22.4 Å². The van der Waals surface area contributed by atoms with Crippen molar-refractivity contribution in [1.82, 2.24) is 0 Å². The quantitative estimate of drug-likeness (QED) is 0.410. The number of carbonyl (C=O) groups is 1. The van der Waals surface area contributed by atoms with Crippen molar-refractivity contribution in [1.29, 1.82) is 0 Å². The van der Waals surface area contributed by atoms with E-state index in [1.54, 1.807) is 6.92 Å². The largest absolute Gasteiger partial charge is 1.00 e. The van der Waals surface area contributed by atoms with E-state index in [4.69, 9.17) is 4.74 Å². The molecule has 0 radical (unpaired) electrons. The molecular formula is C8H11AuO2. The van der Waals surface area contributed by atoms with E-state index in [1.165, 1.54) is 0 Å². The van der Waals surface area contributed by atoms with E-state index in [-0.39, 0.29) is 34.5 Å². The van der Waals surface area contributed by atoms with Crippen molar-refractivity contribution < 1.29 is 31.9 Å². The van der Waals surface area contributed by atoms with Crippen molar-refractivity contribution in [2.75, 3.05) is 0 Å². The first-order valence-corrected chi connectivity index (χ1v) is 3.42. The molecule has 0 aliphatic carbocycles. The molecule has 3 heteroatoms. The molecule has 1 unspecified atom stereocenters. The number of hydrogen-bond acceptors (Lipinski definition) is 2. The van der Waals surface area contributed by atoms with E-state index in [9.17, 15) is 4.79 Å². The van der Waals surface area contributed by atoms with Crippen LogP contribution in [0.25, 0.3) is 0 Å². The summed E-state index contributed by atoms with van der Waals surface area (Å²) in [5.41, 5.74) is 0.610. The normalized spacial score (nSPS) is 22.7. The average Bonchev–Trinajstić information content (AvgIpc) is 2.13. The number of hydrogen-bond donors (Lipinski definition) is 0. The van der Waals surface area contributed by atoms with Crippen molar-refractivity contribution in [3.63, 3.8) is 0 Å². The zero-order valence-electron chi connectivity index (χ0n) is 6.77. The van der Waals surface area contributed by atoms with E-state index < -0.39 is 0 Å². The standard InChI is InChI=1S/C8H11O2.Au/c1-5(2)7-4-6(3)8(9)10-7;/h5,7H,1-3H3;/q-1;+1. The Morgan fingerprint density at radius 1 is 1.55 bits per heavy atom. The Kier molecular flexibility index (Phi) is 4.08. The van der Waals surface area contributed by atoms with E-state index in [2.05, 4.69) is 6.08 Å². The van der Waals surface area contributed by atoms with Gasteiger partial charge in [0.05, 0.1) is 0 Å². The fourth-order valence-electron chi connectivity index (χ4n) is 0.808. The fraction of sp³-hybridized carbons (Fsp3) is 0.625. The van der Waals surface area contributed by atoms with Gasteiger partial charge in [0.15, 0.2) is 5.97 Å². The minimum atomic E-state index is -0.223. The van der Waals surface area contributed by atoms with Gasteiger partial charge in [-0.2, -0.15) is 0 Å². The van der Waals surface area contributed by atoms with E-state index in [0.717, 1.165) is 0 Å². The number of carbonyl (C=O) groups excluding carboxylic acids is 1. The van der Waals surface area contributed by atoms with Gasteiger partial charge in [0.2, 0.25) is 0 Å². The van der Waals surface area contributed by atoms with Crippen LogP contribution < -0.4 is 0 Å². The molecule has 2 nitrogen and oxygen atoms in total. The van der Waals surface area contributed by atoms with Crippen LogP contribution in [0.2, 0.25) is 0 Å². The maximum absolute atomic E-state index is 10.8. The van der Waals surface area contributed by atoms with Crippen LogP contribution in [0.4, 0.5) is 0 Å². The number of rotatable bonds is 1. The van der Waals surface area contributed by atoms with Gasteiger partial charge in [-0.3, -0.25) is 0 Å². The van der Waals surface area contributed by atoms with Crippen molar-refractivity contribution in [3.8, 4) is 0 Å². The first kappa shape index (κ1) is 11.0. The van der Waals surface area contributed by atoms with Gasteiger partial charge in [0.1, 0.15) is 0 Å². The summed E-state index contributed by atoms with van der Waals surface area (Å²) < 4.78 is 4.95. The van der Waals surface area contributed by atoms with Crippen molar-refractivity contribution in [2.45, 2.75) is 26.9 Å². The summed E-state index contributed by atoms with van der Waals surface area (Å²) in [5.74, 6) is 0.111. The van der Waals surface area contributed by atoms with Gasteiger partial charge in [-0.1, -0.05) is 20.8 Å². The number of ether oxygens (including phenoxy) is 1. The van der Waals surface area contributed by atoms with Crippen LogP contribution in [-0.2, 0) is 31.9 Å². The monoisotopic (exact) mass is 336 g/mol. The molecule has 0 bridgehead atoms. The summed E-state index contributed by atoms with van der Waals surface area (Å²) in [7, 11) is 0. The third kappa shape index (κ3) is 2.47. The molecule has 1 aliphatic rings. The molecule has 0 aromatic carbocycles. The Bertz CT molecular complexity index is 185. The minimum Gasteiger partial charge on any atom is -0.558 e. The molecule has 1 rings (SSSR count). The Morgan fingerprint density at radius 2 is 2.09 bits per heavy atom. The van der Waals surface area contributed by atoms with E-state index in [0.29, 0.717) is 11.5 Å². The summed E-state index contributed by atoms with van der Waals surface area (Å²) in [6.07, 6.45) is 2.83. The van der Waals surface area contributed by atoms with Gasteiger partial charge in [0, 0.05) is 6.10 Å². The molecule has 0 saturated heterocycles. The molecule has 66 valence electrons. The van der Waals surface area contributed by atoms with Gasteiger partial charge in [0.25, 0.3) is 0 Å². The summed E-state index contributed by atoms with van der Waals surface area (Å²) in [4.78, 5) is 10.8. The summed E-state index contributed by atoms with van der Waals surface area (Å²) in [6, 6.07) is 0. The fourth-order valence-corrected chi connectivity index (χ4v) is 0.808. The first-order chi connectivity index (χ1) is 4.61. The number of esters is 1. The van der Waals surface area contributed by atoms with Crippen LogP contribution >= 0.6 is 0 Å². The molecular weight excluding hydrogens is 325 g/mol.